The molecular weight excluding hydrogens is 402 g/mol. The Hall–Kier alpha value is -3.68. The second-order valence-corrected chi connectivity index (χ2v) is 7.65. The third kappa shape index (κ3) is 3.43. The van der Waals surface area contributed by atoms with Crippen LogP contribution in [0.2, 0.25) is 0 Å². The van der Waals surface area contributed by atoms with Gasteiger partial charge < -0.3 is 10.6 Å². The van der Waals surface area contributed by atoms with Crippen LogP contribution >= 0.6 is 0 Å². The van der Waals surface area contributed by atoms with Crippen molar-refractivity contribution in [1.82, 2.24) is 20.6 Å². The fourth-order valence-corrected chi connectivity index (χ4v) is 4.13. The van der Waals surface area contributed by atoms with Gasteiger partial charge in [-0.15, -0.1) is 0 Å². The van der Waals surface area contributed by atoms with Gasteiger partial charge in [0.05, 0.1) is 35.0 Å². The summed E-state index contributed by atoms with van der Waals surface area (Å²) in [6.45, 7) is 0.852. The van der Waals surface area contributed by atoms with Crippen molar-refractivity contribution in [3.05, 3.63) is 82.2 Å². The molecule has 0 radical (unpaired) electrons. The Morgan fingerprint density at radius 1 is 0.935 bits per heavy atom. The van der Waals surface area contributed by atoms with Crippen LogP contribution in [0.5, 0.6) is 0 Å². The Morgan fingerprint density at radius 2 is 1.68 bits per heavy atom. The number of hydrogen-bond acceptors (Lipinski definition) is 4. The highest BCUT2D eigenvalue weighted by Gasteiger charge is 2.28. The van der Waals surface area contributed by atoms with Crippen LogP contribution in [0.4, 0.5) is 8.78 Å². The molecule has 2 amide bonds. The minimum atomic E-state index is -0.762. The zero-order valence-corrected chi connectivity index (χ0v) is 16.4. The highest BCUT2D eigenvalue weighted by Crippen LogP contribution is 2.28. The largest absolute Gasteiger partial charge is 0.356 e. The van der Waals surface area contributed by atoms with Crippen LogP contribution in [0.15, 0.2) is 42.5 Å². The van der Waals surface area contributed by atoms with Gasteiger partial charge in [-0.3, -0.25) is 9.59 Å². The molecule has 0 aliphatic carbocycles. The van der Waals surface area contributed by atoms with E-state index < -0.39 is 11.6 Å². The third-order valence-electron chi connectivity index (χ3n) is 5.69. The minimum absolute atomic E-state index is 0.0228. The summed E-state index contributed by atoms with van der Waals surface area (Å²) in [6.07, 6.45) is 1.05. The number of aromatic nitrogens is 2. The van der Waals surface area contributed by atoms with E-state index in [4.69, 9.17) is 0 Å². The van der Waals surface area contributed by atoms with Gasteiger partial charge in [0.1, 0.15) is 11.6 Å². The SMILES string of the molecule is O=C1NCc2nc(-c3c(F)cccc3F)nc(Cc3ccc([C@@H]4CCNC4=O)cc3)c21. The van der Waals surface area contributed by atoms with E-state index >= 15 is 0 Å². The zero-order valence-electron chi connectivity index (χ0n) is 16.4. The highest BCUT2D eigenvalue weighted by molar-refractivity contribution is 5.99. The Bertz CT molecular complexity index is 1190. The summed E-state index contributed by atoms with van der Waals surface area (Å²) < 4.78 is 28.6. The van der Waals surface area contributed by atoms with Crippen LogP contribution in [0.3, 0.4) is 0 Å². The van der Waals surface area contributed by atoms with Gasteiger partial charge >= 0.3 is 0 Å². The van der Waals surface area contributed by atoms with E-state index in [2.05, 4.69) is 20.6 Å². The van der Waals surface area contributed by atoms with Crippen molar-refractivity contribution in [1.29, 1.82) is 0 Å². The molecule has 3 heterocycles. The molecule has 2 aromatic carbocycles. The first-order valence-corrected chi connectivity index (χ1v) is 10.00. The van der Waals surface area contributed by atoms with Crippen molar-refractivity contribution in [2.75, 3.05) is 6.54 Å². The molecule has 6 nitrogen and oxygen atoms in total. The lowest BCUT2D eigenvalue weighted by molar-refractivity contribution is -0.120. The summed E-state index contributed by atoms with van der Waals surface area (Å²) in [7, 11) is 0. The van der Waals surface area contributed by atoms with Gasteiger partial charge in [-0.05, 0) is 29.7 Å². The summed E-state index contributed by atoms with van der Waals surface area (Å²) in [5, 5.41) is 5.52. The van der Waals surface area contributed by atoms with Crippen LogP contribution < -0.4 is 10.6 Å². The van der Waals surface area contributed by atoms with Crippen LogP contribution in [-0.2, 0) is 17.8 Å². The van der Waals surface area contributed by atoms with Gasteiger partial charge in [-0.1, -0.05) is 30.3 Å². The molecule has 3 aromatic rings. The lowest BCUT2D eigenvalue weighted by atomic mass is 9.95. The van der Waals surface area contributed by atoms with E-state index in [1.807, 2.05) is 24.3 Å². The maximum atomic E-state index is 14.3. The Labute approximate surface area is 176 Å². The van der Waals surface area contributed by atoms with Gasteiger partial charge in [0.15, 0.2) is 5.82 Å². The van der Waals surface area contributed by atoms with Crippen molar-refractivity contribution >= 4 is 11.8 Å². The average Bonchev–Trinajstić information content (AvgIpc) is 3.34. The third-order valence-corrected chi connectivity index (χ3v) is 5.69. The molecule has 8 heteroatoms. The lowest BCUT2D eigenvalue weighted by Crippen LogP contribution is -2.17. The second-order valence-electron chi connectivity index (χ2n) is 7.65. The van der Waals surface area contributed by atoms with E-state index in [0.717, 1.165) is 29.7 Å². The summed E-state index contributed by atoms with van der Waals surface area (Å²) >= 11 is 0. The number of hydrogen-bond donors (Lipinski definition) is 2. The van der Waals surface area contributed by atoms with Crippen LogP contribution in [-0.4, -0.2) is 28.3 Å². The van der Waals surface area contributed by atoms with Crippen LogP contribution in [0.25, 0.3) is 11.4 Å². The summed E-state index contributed by atoms with van der Waals surface area (Å²) in [4.78, 5) is 32.9. The number of halogens is 2. The fourth-order valence-electron chi connectivity index (χ4n) is 4.13. The monoisotopic (exact) mass is 420 g/mol. The number of fused-ring (bicyclic) bond motifs is 1. The normalized spacial score (nSPS) is 17.4. The molecule has 1 fully saturated rings. The number of nitrogens with zero attached hydrogens (tertiary/aromatic N) is 2. The predicted molar refractivity (Wildman–Crippen MR) is 108 cm³/mol. The molecule has 0 spiro atoms. The van der Waals surface area contributed by atoms with Crippen LogP contribution in [0, 0.1) is 11.6 Å². The molecule has 1 saturated heterocycles. The fraction of sp³-hybridized carbons (Fsp3) is 0.217. The molecular formula is C23H18F2N4O2. The van der Waals surface area contributed by atoms with Crippen molar-refractivity contribution in [2.45, 2.75) is 25.3 Å². The van der Waals surface area contributed by atoms with Gasteiger partial charge in [0.25, 0.3) is 5.91 Å². The van der Waals surface area contributed by atoms with Gasteiger partial charge in [-0.2, -0.15) is 0 Å². The summed E-state index contributed by atoms with van der Waals surface area (Å²) in [6, 6.07) is 11.1. The molecule has 0 bridgehead atoms. The minimum Gasteiger partial charge on any atom is -0.356 e. The maximum Gasteiger partial charge on any atom is 0.255 e. The van der Waals surface area contributed by atoms with E-state index in [1.165, 1.54) is 6.07 Å². The Morgan fingerprint density at radius 3 is 2.35 bits per heavy atom. The van der Waals surface area contributed by atoms with Crippen molar-refractivity contribution in [3.63, 3.8) is 0 Å². The molecule has 1 aromatic heterocycles. The summed E-state index contributed by atoms with van der Waals surface area (Å²) in [5.41, 5.74) is 2.66. The number of benzene rings is 2. The Kier molecular flexibility index (Phi) is 4.69. The van der Waals surface area contributed by atoms with E-state index in [0.29, 0.717) is 29.9 Å². The molecule has 2 N–H and O–H groups in total. The molecule has 1 atom stereocenters. The van der Waals surface area contributed by atoms with Crippen molar-refractivity contribution in [2.24, 2.45) is 0 Å². The number of carbonyl (C=O) groups excluding carboxylic acids is 2. The highest BCUT2D eigenvalue weighted by atomic mass is 19.1. The standard InChI is InChI=1S/C23H18F2N4O2/c24-15-2-1-3-16(25)19(15)21-28-17(20-18(29-21)11-27-23(20)31)10-12-4-6-13(7-5-12)14-8-9-26-22(14)30/h1-7,14H,8-11H2,(H,26,30)(H,27,31)/t14-/m0/s1. The smallest absolute Gasteiger partial charge is 0.255 e. The number of carbonyl (C=O) groups is 2. The first-order chi connectivity index (χ1) is 15.0. The lowest BCUT2D eigenvalue weighted by Gasteiger charge is -2.11. The number of amides is 2. The van der Waals surface area contributed by atoms with Gasteiger partial charge in [-0.25, -0.2) is 18.7 Å². The zero-order chi connectivity index (χ0) is 21.5. The van der Waals surface area contributed by atoms with E-state index in [-0.39, 0.29) is 35.7 Å². The van der Waals surface area contributed by atoms with Gasteiger partial charge in [0.2, 0.25) is 5.91 Å². The molecule has 2 aliphatic rings. The number of rotatable bonds is 4. The molecule has 31 heavy (non-hydrogen) atoms. The predicted octanol–water partition coefficient (Wildman–Crippen LogP) is 2.86. The first-order valence-electron chi connectivity index (χ1n) is 10.00. The average molecular weight is 420 g/mol. The summed E-state index contributed by atoms with van der Waals surface area (Å²) in [5.74, 6) is -2.04. The molecule has 0 saturated carbocycles. The molecule has 156 valence electrons. The van der Waals surface area contributed by atoms with Gasteiger partial charge in [0, 0.05) is 13.0 Å². The second kappa shape index (κ2) is 7.54. The number of nitrogens with one attached hydrogen (secondary N) is 2. The van der Waals surface area contributed by atoms with E-state index in [1.54, 1.807) is 0 Å². The topological polar surface area (TPSA) is 84.0 Å². The van der Waals surface area contributed by atoms with Crippen molar-refractivity contribution < 1.29 is 18.4 Å². The molecule has 2 aliphatic heterocycles. The molecule has 5 rings (SSSR count). The Balaban J connectivity index is 1.52. The van der Waals surface area contributed by atoms with E-state index in [9.17, 15) is 18.4 Å². The quantitative estimate of drug-likeness (QED) is 0.680. The first kappa shape index (κ1) is 19.3. The molecule has 0 unspecified atom stereocenters. The maximum absolute atomic E-state index is 14.3. The van der Waals surface area contributed by atoms with Crippen molar-refractivity contribution in [3.8, 4) is 11.4 Å². The van der Waals surface area contributed by atoms with Crippen LogP contribution in [0.1, 0.15) is 45.2 Å².